The minimum Gasteiger partial charge on any atom is -0.464 e. The van der Waals surface area contributed by atoms with Crippen molar-refractivity contribution < 1.29 is 13.9 Å². The number of hydrogen-bond donors (Lipinski definition) is 1. The number of aromatic nitrogens is 2. The Kier molecular flexibility index (Phi) is 4.47. The number of benzene rings is 1. The van der Waals surface area contributed by atoms with Crippen LogP contribution in [0.15, 0.2) is 24.3 Å². The van der Waals surface area contributed by atoms with E-state index < -0.39 is 5.97 Å². The highest BCUT2D eigenvalue weighted by atomic mass is 19.1. The molecule has 2 rings (SSSR count). The molecule has 110 valence electrons. The maximum atomic E-state index is 13.5. The number of aryl methyl sites for hydroxylation is 2. The zero-order valence-corrected chi connectivity index (χ0v) is 12.1. The van der Waals surface area contributed by atoms with Gasteiger partial charge in [-0.25, -0.2) is 9.18 Å². The molecule has 5 nitrogen and oxygen atoms in total. The van der Waals surface area contributed by atoms with E-state index in [1.165, 1.54) is 13.2 Å². The predicted octanol–water partition coefficient (Wildman–Crippen LogP) is 2.63. The van der Waals surface area contributed by atoms with Crippen LogP contribution in [0.4, 0.5) is 10.2 Å². The molecule has 0 radical (unpaired) electrons. The van der Waals surface area contributed by atoms with Crippen LogP contribution >= 0.6 is 0 Å². The molecule has 0 aliphatic rings. The molecule has 0 spiro atoms. The summed E-state index contributed by atoms with van der Waals surface area (Å²) in [6, 6.07) is 6.74. The molecule has 0 fully saturated rings. The van der Waals surface area contributed by atoms with Crippen molar-refractivity contribution in [1.29, 1.82) is 0 Å². The first-order chi connectivity index (χ1) is 10.0. The Labute approximate surface area is 122 Å². The molecule has 0 unspecified atom stereocenters. The number of halogens is 1. The lowest BCUT2D eigenvalue weighted by atomic mass is 10.1. The largest absolute Gasteiger partial charge is 0.464 e. The van der Waals surface area contributed by atoms with Gasteiger partial charge in [0.1, 0.15) is 11.6 Å². The first-order valence-electron chi connectivity index (χ1n) is 6.43. The Morgan fingerprint density at radius 3 is 2.43 bits per heavy atom. The SMILES string of the molecule is COC(=O)c1ccc(NCc2cc(C)c(F)c(C)c2)nn1. The van der Waals surface area contributed by atoms with E-state index in [2.05, 4.69) is 20.3 Å². The summed E-state index contributed by atoms with van der Waals surface area (Å²) in [6.45, 7) is 3.96. The van der Waals surface area contributed by atoms with Crippen LogP contribution in [0.2, 0.25) is 0 Å². The van der Waals surface area contributed by atoms with Crippen molar-refractivity contribution in [3.63, 3.8) is 0 Å². The summed E-state index contributed by atoms with van der Waals surface area (Å²) >= 11 is 0. The summed E-state index contributed by atoms with van der Waals surface area (Å²) in [7, 11) is 1.29. The van der Waals surface area contributed by atoms with Crippen LogP contribution in [0, 0.1) is 19.7 Å². The van der Waals surface area contributed by atoms with Gasteiger partial charge >= 0.3 is 5.97 Å². The predicted molar refractivity (Wildman–Crippen MR) is 76.6 cm³/mol. The van der Waals surface area contributed by atoms with Gasteiger partial charge in [-0.1, -0.05) is 12.1 Å². The van der Waals surface area contributed by atoms with Crippen LogP contribution in [0.5, 0.6) is 0 Å². The van der Waals surface area contributed by atoms with Crippen LogP contribution < -0.4 is 5.32 Å². The second kappa shape index (κ2) is 6.30. The van der Waals surface area contributed by atoms with Crippen LogP contribution in [-0.4, -0.2) is 23.3 Å². The number of rotatable bonds is 4. The van der Waals surface area contributed by atoms with Gasteiger partial charge in [0.15, 0.2) is 5.69 Å². The van der Waals surface area contributed by atoms with Crippen molar-refractivity contribution >= 4 is 11.8 Å². The molecule has 1 aromatic heterocycles. The molecule has 6 heteroatoms. The lowest BCUT2D eigenvalue weighted by Gasteiger charge is -2.08. The highest BCUT2D eigenvalue weighted by molar-refractivity contribution is 5.86. The standard InChI is InChI=1S/C15H16FN3O2/c1-9-6-11(7-10(2)14(9)16)8-17-13-5-4-12(18-19-13)15(20)21-3/h4-7H,8H2,1-3H3,(H,17,19). The molecule has 0 amide bonds. The van der Waals surface area contributed by atoms with Crippen molar-refractivity contribution in [3.05, 3.63) is 52.5 Å². The first-order valence-corrected chi connectivity index (χ1v) is 6.43. The Morgan fingerprint density at radius 1 is 1.24 bits per heavy atom. The molecule has 1 heterocycles. The average molecular weight is 289 g/mol. The van der Waals surface area contributed by atoms with Crippen molar-refractivity contribution in [2.24, 2.45) is 0 Å². The summed E-state index contributed by atoms with van der Waals surface area (Å²) < 4.78 is 18.1. The third kappa shape index (κ3) is 3.53. The molecule has 0 saturated carbocycles. The second-order valence-corrected chi connectivity index (χ2v) is 4.69. The summed E-state index contributed by atoms with van der Waals surface area (Å²) in [5.41, 5.74) is 2.32. The van der Waals surface area contributed by atoms with Gasteiger partial charge in [-0.2, -0.15) is 0 Å². The minimum atomic E-state index is -0.529. The molecule has 2 aromatic rings. The fourth-order valence-electron chi connectivity index (χ4n) is 1.97. The van der Waals surface area contributed by atoms with E-state index in [0.717, 1.165) is 5.56 Å². The van der Waals surface area contributed by atoms with Gasteiger partial charge in [-0.05, 0) is 42.7 Å². The van der Waals surface area contributed by atoms with Gasteiger partial charge in [-0.15, -0.1) is 10.2 Å². The molecule has 1 aromatic carbocycles. The monoisotopic (exact) mass is 289 g/mol. The lowest BCUT2D eigenvalue weighted by Crippen LogP contribution is -2.08. The fourth-order valence-corrected chi connectivity index (χ4v) is 1.97. The Hall–Kier alpha value is -2.50. The molecule has 0 aliphatic carbocycles. The van der Waals surface area contributed by atoms with Gasteiger partial charge in [0, 0.05) is 6.54 Å². The zero-order valence-electron chi connectivity index (χ0n) is 12.1. The third-order valence-electron chi connectivity index (χ3n) is 3.03. The smallest absolute Gasteiger partial charge is 0.358 e. The van der Waals surface area contributed by atoms with Gasteiger partial charge in [0.25, 0.3) is 0 Å². The number of anilines is 1. The molecule has 0 saturated heterocycles. The number of carbonyl (C=O) groups is 1. The summed E-state index contributed by atoms with van der Waals surface area (Å²) in [5.74, 6) is -0.179. The van der Waals surface area contributed by atoms with E-state index in [0.29, 0.717) is 23.5 Å². The quantitative estimate of drug-likeness (QED) is 0.877. The van der Waals surface area contributed by atoms with Crippen molar-refractivity contribution in [3.8, 4) is 0 Å². The van der Waals surface area contributed by atoms with Crippen LogP contribution in [0.25, 0.3) is 0 Å². The number of ether oxygens (including phenoxy) is 1. The zero-order chi connectivity index (χ0) is 15.4. The summed E-state index contributed by atoms with van der Waals surface area (Å²) in [4.78, 5) is 11.2. The lowest BCUT2D eigenvalue weighted by molar-refractivity contribution is 0.0593. The fraction of sp³-hybridized carbons (Fsp3) is 0.267. The Bertz CT molecular complexity index is 633. The second-order valence-electron chi connectivity index (χ2n) is 4.69. The topological polar surface area (TPSA) is 64.1 Å². The maximum absolute atomic E-state index is 13.5. The van der Waals surface area contributed by atoms with Crippen LogP contribution in [-0.2, 0) is 11.3 Å². The number of hydrogen-bond acceptors (Lipinski definition) is 5. The van der Waals surface area contributed by atoms with Crippen molar-refractivity contribution in [2.75, 3.05) is 12.4 Å². The normalized spacial score (nSPS) is 10.3. The third-order valence-corrected chi connectivity index (χ3v) is 3.03. The van der Waals surface area contributed by atoms with Gasteiger partial charge in [-0.3, -0.25) is 0 Å². The summed E-state index contributed by atoms with van der Waals surface area (Å²) in [5, 5.41) is 10.7. The number of nitrogens with one attached hydrogen (secondary N) is 1. The minimum absolute atomic E-state index is 0.150. The molecular weight excluding hydrogens is 273 g/mol. The van der Waals surface area contributed by atoms with Crippen molar-refractivity contribution in [1.82, 2.24) is 10.2 Å². The average Bonchev–Trinajstić information content (AvgIpc) is 2.50. The van der Waals surface area contributed by atoms with E-state index in [1.807, 2.05) is 0 Å². The van der Waals surface area contributed by atoms with Gasteiger partial charge in [0.05, 0.1) is 7.11 Å². The number of esters is 1. The maximum Gasteiger partial charge on any atom is 0.358 e. The molecule has 0 bridgehead atoms. The molecule has 0 atom stereocenters. The Morgan fingerprint density at radius 2 is 1.90 bits per heavy atom. The highest BCUT2D eigenvalue weighted by Crippen LogP contribution is 2.15. The molecule has 21 heavy (non-hydrogen) atoms. The van der Waals surface area contributed by atoms with E-state index in [4.69, 9.17) is 0 Å². The van der Waals surface area contributed by atoms with E-state index in [-0.39, 0.29) is 11.5 Å². The summed E-state index contributed by atoms with van der Waals surface area (Å²) in [6.07, 6.45) is 0. The molecule has 0 aliphatic heterocycles. The highest BCUT2D eigenvalue weighted by Gasteiger charge is 2.08. The molecular formula is C15H16FN3O2. The van der Waals surface area contributed by atoms with E-state index in [9.17, 15) is 9.18 Å². The number of methoxy groups -OCH3 is 1. The van der Waals surface area contributed by atoms with E-state index >= 15 is 0 Å². The van der Waals surface area contributed by atoms with Crippen LogP contribution in [0.1, 0.15) is 27.2 Å². The van der Waals surface area contributed by atoms with Gasteiger partial charge < -0.3 is 10.1 Å². The van der Waals surface area contributed by atoms with Crippen molar-refractivity contribution in [2.45, 2.75) is 20.4 Å². The van der Waals surface area contributed by atoms with Crippen LogP contribution in [0.3, 0.4) is 0 Å². The first kappa shape index (κ1) is 14.9. The van der Waals surface area contributed by atoms with Gasteiger partial charge in [0.2, 0.25) is 0 Å². The number of carbonyl (C=O) groups excluding carboxylic acids is 1. The van der Waals surface area contributed by atoms with E-state index in [1.54, 1.807) is 32.0 Å². The Balaban J connectivity index is 2.05. The molecule has 1 N–H and O–H groups in total. The number of nitrogens with zero attached hydrogens (tertiary/aromatic N) is 2.